The molecular weight excluding hydrogens is 501 g/mol. The number of piperidine rings is 1. The molecule has 1 aliphatic heterocycles. The number of amides is 1. The summed E-state index contributed by atoms with van der Waals surface area (Å²) in [6.45, 7) is 7.88. The van der Waals surface area contributed by atoms with Crippen LogP contribution in [0.5, 0.6) is 5.75 Å². The minimum atomic E-state index is -0.837. The molecule has 37 heavy (non-hydrogen) atoms. The summed E-state index contributed by atoms with van der Waals surface area (Å²) in [5, 5.41) is 0.744. The molecule has 0 bridgehead atoms. The number of hydrogen-bond acceptors (Lipinski definition) is 6. The van der Waals surface area contributed by atoms with E-state index in [0.29, 0.717) is 41.6 Å². The number of ether oxygens (including phenoxy) is 2. The van der Waals surface area contributed by atoms with Gasteiger partial charge in [0.05, 0.1) is 10.9 Å². The van der Waals surface area contributed by atoms with Crippen LogP contribution in [0.15, 0.2) is 51.7 Å². The van der Waals surface area contributed by atoms with Crippen LogP contribution >= 0.6 is 11.6 Å². The largest absolute Gasteiger partial charge is 0.481 e. The molecule has 3 aromatic rings. The number of fused-ring (bicyclic) bond motifs is 1. The summed E-state index contributed by atoms with van der Waals surface area (Å²) < 4.78 is 30.3. The molecule has 1 saturated heterocycles. The van der Waals surface area contributed by atoms with Gasteiger partial charge in [-0.15, -0.1) is 0 Å². The van der Waals surface area contributed by atoms with E-state index in [1.807, 2.05) is 20.8 Å². The standard InChI is InChI=1S/C28H29ClFNO6/c1-16(26(33)31-11-5-6-17(15-31)27(34)37-28(2,3)4)35-19-8-10-21-22(14-25(32)36-24(21)13-19)20-9-7-18(30)12-23(20)29/h7-10,12-14,16-17H,5-6,11,15H2,1-4H3/t16-,17+/m1/s1. The highest BCUT2D eigenvalue weighted by atomic mass is 35.5. The maximum absolute atomic E-state index is 13.5. The molecule has 4 rings (SSSR count). The Morgan fingerprint density at radius 2 is 1.89 bits per heavy atom. The number of halogens is 2. The lowest BCUT2D eigenvalue weighted by Gasteiger charge is -2.34. The quantitative estimate of drug-likeness (QED) is 0.316. The van der Waals surface area contributed by atoms with Crippen molar-refractivity contribution in [2.45, 2.75) is 52.2 Å². The van der Waals surface area contributed by atoms with E-state index < -0.39 is 23.1 Å². The second-order valence-electron chi connectivity index (χ2n) is 10.2. The zero-order valence-corrected chi connectivity index (χ0v) is 21.9. The summed E-state index contributed by atoms with van der Waals surface area (Å²) in [6, 6.07) is 10.1. The average molecular weight is 530 g/mol. The fourth-order valence-electron chi connectivity index (χ4n) is 4.41. The van der Waals surface area contributed by atoms with Gasteiger partial charge in [0.15, 0.2) is 6.10 Å². The van der Waals surface area contributed by atoms with Gasteiger partial charge < -0.3 is 18.8 Å². The van der Waals surface area contributed by atoms with Gasteiger partial charge in [0, 0.05) is 41.7 Å². The predicted octanol–water partition coefficient (Wildman–Crippen LogP) is 5.60. The van der Waals surface area contributed by atoms with Crippen LogP contribution in [-0.2, 0) is 14.3 Å². The first-order chi connectivity index (χ1) is 17.4. The first kappa shape index (κ1) is 26.7. The van der Waals surface area contributed by atoms with E-state index >= 15 is 0 Å². The van der Waals surface area contributed by atoms with E-state index in [0.717, 1.165) is 0 Å². The lowest BCUT2D eigenvalue weighted by molar-refractivity contribution is -0.163. The normalized spacial score (nSPS) is 16.9. The average Bonchev–Trinajstić information content (AvgIpc) is 2.82. The number of hydrogen-bond donors (Lipinski definition) is 0. The van der Waals surface area contributed by atoms with Crippen molar-refractivity contribution in [3.05, 3.63) is 63.7 Å². The highest BCUT2D eigenvalue weighted by Gasteiger charge is 2.33. The molecule has 1 aliphatic rings. The number of carbonyl (C=O) groups is 2. The molecule has 0 aliphatic carbocycles. The molecule has 2 atom stereocenters. The van der Waals surface area contributed by atoms with Crippen LogP contribution in [-0.4, -0.2) is 41.6 Å². The van der Waals surface area contributed by atoms with E-state index in [2.05, 4.69) is 0 Å². The zero-order chi connectivity index (χ0) is 26.9. The van der Waals surface area contributed by atoms with Crippen molar-refractivity contribution < 1.29 is 27.9 Å². The van der Waals surface area contributed by atoms with Gasteiger partial charge in [0.25, 0.3) is 5.91 Å². The number of nitrogens with zero attached hydrogens (tertiary/aromatic N) is 1. The molecule has 1 amide bonds. The summed E-state index contributed by atoms with van der Waals surface area (Å²) >= 11 is 6.22. The topological polar surface area (TPSA) is 86.0 Å². The van der Waals surface area contributed by atoms with Crippen LogP contribution in [0.1, 0.15) is 40.5 Å². The van der Waals surface area contributed by atoms with E-state index in [-0.39, 0.29) is 34.9 Å². The van der Waals surface area contributed by atoms with Crippen LogP contribution in [0.3, 0.4) is 0 Å². The molecule has 0 N–H and O–H groups in total. The molecule has 1 aromatic heterocycles. The Morgan fingerprint density at radius 1 is 1.14 bits per heavy atom. The van der Waals surface area contributed by atoms with Gasteiger partial charge in [-0.05, 0) is 70.9 Å². The first-order valence-corrected chi connectivity index (χ1v) is 12.5. The smallest absolute Gasteiger partial charge is 0.336 e. The predicted molar refractivity (Wildman–Crippen MR) is 138 cm³/mol. The van der Waals surface area contributed by atoms with Crippen molar-refractivity contribution in [1.29, 1.82) is 0 Å². The van der Waals surface area contributed by atoms with Crippen LogP contribution in [0.25, 0.3) is 22.1 Å². The summed E-state index contributed by atoms with van der Waals surface area (Å²) in [6.07, 6.45) is 0.521. The van der Waals surface area contributed by atoms with Gasteiger partial charge >= 0.3 is 11.6 Å². The van der Waals surface area contributed by atoms with Crippen LogP contribution in [0.2, 0.25) is 5.02 Å². The summed E-state index contributed by atoms with van der Waals surface area (Å²) in [5.74, 6) is -1.08. The third kappa shape index (κ3) is 6.31. The molecule has 1 fully saturated rings. The van der Waals surface area contributed by atoms with Crippen molar-refractivity contribution >= 4 is 34.4 Å². The molecule has 0 spiro atoms. The van der Waals surface area contributed by atoms with Gasteiger partial charge in [-0.25, -0.2) is 9.18 Å². The van der Waals surface area contributed by atoms with Gasteiger partial charge in [0.2, 0.25) is 0 Å². The SMILES string of the molecule is C[C@@H](Oc1ccc2c(-c3ccc(F)cc3Cl)cc(=O)oc2c1)C(=O)N1CCC[C@H](C(=O)OC(C)(C)C)C1. The van der Waals surface area contributed by atoms with E-state index in [4.69, 9.17) is 25.5 Å². The lowest BCUT2D eigenvalue weighted by atomic mass is 9.97. The lowest BCUT2D eigenvalue weighted by Crippen LogP contribution is -2.48. The number of benzene rings is 2. The Hall–Kier alpha value is -3.39. The van der Waals surface area contributed by atoms with Crippen LogP contribution < -0.4 is 10.4 Å². The van der Waals surface area contributed by atoms with Crippen LogP contribution in [0, 0.1) is 11.7 Å². The molecule has 2 heterocycles. The molecule has 0 saturated carbocycles. The van der Waals surface area contributed by atoms with Crippen molar-refractivity contribution in [2.75, 3.05) is 13.1 Å². The van der Waals surface area contributed by atoms with Gasteiger partial charge in [-0.3, -0.25) is 9.59 Å². The maximum Gasteiger partial charge on any atom is 0.336 e. The fourth-order valence-corrected chi connectivity index (χ4v) is 4.68. The molecule has 0 unspecified atom stereocenters. The highest BCUT2D eigenvalue weighted by Crippen LogP contribution is 2.34. The second kappa shape index (κ2) is 10.5. The molecule has 7 nitrogen and oxygen atoms in total. The number of esters is 1. The summed E-state index contributed by atoms with van der Waals surface area (Å²) in [7, 11) is 0. The number of rotatable bonds is 5. The monoisotopic (exact) mass is 529 g/mol. The Bertz CT molecular complexity index is 1400. The molecule has 196 valence electrons. The summed E-state index contributed by atoms with van der Waals surface area (Å²) in [5.41, 5.74) is 0.0252. The second-order valence-corrected chi connectivity index (χ2v) is 10.6. The van der Waals surface area contributed by atoms with Crippen molar-refractivity contribution in [1.82, 2.24) is 4.90 Å². The molecule has 0 radical (unpaired) electrons. The van der Waals surface area contributed by atoms with E-state index in [1.54, 1.807) is 24.0 Å². The maximum atomic E-state index is 13.5. The molecule has 9 heteroatoms. The Morgan fingerprint density at radius 3 is 2.59 bits per heavy atom. The van der Waals surface area contributed by atoms with Crippen molar-refractivity contribution in [3.8, 4) is 16.9 Å². The van der Waals surface area contributed by atoms with Gasteiger partial charge in [0.1, 0.15) is 22.8 Å². The number of likely N-dealkylation sites (tertiary alicyclic amines) is 1. The van der Waals surface area contributed by atoms with E-state index in [1.165, 1.54) is 30.3 Å². The van der Waals surface area contributed by atoms with E-state index in [9.17, 15) is 18.8 Å². The van der Waals surface area contributed by atoms with Gasteiger partial charge in [-0.1, -0.05) is 11.6 Å². The Balaban J connectivity index is 1.51. The molecular formula is C28H29ClFNO6. The third-order valence-corrected chi connectivity index (χ3v) is 6.38. The molecule has 2 aromatic carbocycles. The summed E-state index contributed by atoms with van der Waals surface area (Å²) in [4.78, 5) is 39.5. The fraction of sp³-hybridized carbons (Fsp3) is 0.393. The van der Waals surface area contributed by atoms with Crippen LogP contribution in [0.4, 0.5) is 4.39 Å². The van der Waals surface area contributed by atoms with Gasteiger partial charge in [-0.2, -0.15) is 0 Å². The van der Waals surface area contributed by atoms with Crippen molar-refractivity contribution in [3.63, 3.8) is 0 Å². The highest BCUT2D eigenvalue weighted by molar-refractivity contribution is 6.33. The number of carbonyl (C=O) groups excluding carboxylic acids is 2. The van der Waals surface area contributed by atoms with Crippen molar-refractivity contribution in [2.24, 2.45) is 5.92 Å². The third-order valence-electron chi connectivity index (χ3n) is 6.07. The minimum absolute atomic E-state index is 0.165. The minimum Gasteiger partial charge on any atom is -0.481 e. The Kier molecular flexibility index (Phi) is 7.59. The zero-order valence-electron chi connectivity index (χ0n) is 21.2. The first-order valence-electron chi connectivity index (χ1n) is 12.1. The Labute approximate surface area is 219 Å².